The van der Waals surface area contributed by atoms with E-state index in [2.05, 4.69) is 40.3 Å². The van der Waals surface area contributed by atoms with Crippen LogP contribution in [-0.2, 0) is 11.3 Å². The van der Waals surface area contributed by atoms with Crippen LogP contribution in [0.3, 0.4) is 0 Å². The second-order valence-corrected chi connectivity index (χ2v) is 6.03. The summed E-state index contributed by atoms with van der Waals surface area (Å²) in [7, 11) is 0. The number of ether oxygens (including phenoxy) is 2. The molecule has 0 amide bonds. The molecular weight excluding hydrogens is 318 g/mol. The Bertz CT molecular complexity index is 405. The van der Waals surface area contributed by atoms with Crippen molar-refractivity contribution in [3.8, 4) is 5.75 Å². The first-order valence-corrected chi connectivity index (χ1v) is 8.32. The van der Waals surface area contributed by atoms with Crippen LogP contribution in [0.5, 0.6) is 5.75 Å². The molecule has 0 spiro atoms. The molecule has 1 heterocycles. The molecule has 1 aliphatic heterocycles. The maximum absolute atomic E-state index is 5.83. The minimum atomic E-state index is 0.463. The zero-order valence-corrected chi connectivity index (χ0v) is 13.7. The Labute approximate surface area is 130 Å². The first kappa shape index (κ1) is 15.8. The quantitative estimate of drug-likeness (QED) is 0.727. The van der Waals surface area contributed by atoms with Crippen molar-refractivity contribution in [2.24, 2.45) is 0 Å². The highest BCUT2D eigenvalue weighted by Gasteiger charge is 2.14. The highest BCUT2D eigenvalue weighted by Crippen LogP contribution is 2.26. The molecule has 0 bridgehead atoms. The van der Waals surface area contributed by atoms with Gasteiger partial charge in [-0.05, 0) is 65.9 Å². The monoisotopic (exact) mass is 341 g/mol. The maximum Gasteiger partial charge on any atom is 0.133 e. The average molecular weight is 342 g/mol. The lowest BCUT2D eigenvalue weighted by atomic mass is 10.1. The lowest BCUT2D eigenvalue weighted by molar-refractivity contribution is 0.0981. The number of nitrogens with one attached hydrogen (secondary N) is 1. The summed E-state index contributed by atoms with van der Waals surface area (Å²) < 4.78 is 12.5. The van der Waals surface area contributed by atoms with Crippen LogP contribution in [0.4, 0.5) is 0 Å². The van der Waals surface area contributed by atoms with E-state index in [1.807, 2.05) is 6.07 Å². The Morgan fingerprint density at radius 1 is 1.45 bits per heavy atom. The Morgan fingerprint density at radius 3 is 3.05 bits per heavy atom. The first-order chi connectivity index (χ1) is 9.79. The minimum Gasteiger partial charge on any atom is -0.492 e. The zero-order chi connectivity index (χ0) is 14.2. The molecule has 1 atom stereocenters. The number of halogens is 1. The van der Waals surface area contributed by atoms with Crippen molar-refractivity contribution in [3.63, 3.8) is 0 Å². The van der Waals surface area contributed by atoms with E-state index < -0.39 is 0 Å². The normalized spacial score (nSPS) is 18.4. The fraction of sp³-hybridized carbons (Fsp3) is 0.625. The third-order valence-corrected chi connectivity index (χ3v) is 4.15. The van der Waals surface area contributed by atoms with Gasteiger partial charge in [-0.2, -0.15) is 0 Å². The fourth-order valence-corrected chi connectivity index (χ4v) is 2.95. The van der Waals surface area contributed by atoms with Crippen molar-refractivity contribution in [2.75, 3.05) is 19.8 Å². The number of rotatable bonds is 8. The zero-order valence-electron chi connectivity index (χ0n) is 12.2. The van der Waals surface area contributed by atoms with Crippen molar-refractivity contribution in [2.45, 2.75) is 45.3 Å². The van der Waals surface area contributed by atoms with Crippen LogP contribution < -0.4 is 10.1 Å². The lowest BCUT2D eigenvalue weighted by Crippen LogP contribution is -2.11. The first-order valence-electron chi connectivity index (χ1n) is 7.53. The summed E-state index contributed by atoms with van der Waals surface area (Å²) in [5.41, 5.74) is 1.27. The molecule has 20 heavy (non-hydrogen) atoms. The van der Waals surface area contributed by atoms with Gasteiger partial charge < -0.3 is 14.8 Å². The SMILES string of the molecule is CCNCc1ccc(OCCCC2CCCO2)c(Br)c1. The van der Waals surface area contributed by atoms with Crippen LogP contribution in [0.25, 0.3) is 0 Å². The molecule has 1 aromatic carbocycles. The minimum absolute atomic E-state index is 0.463. The van der Waals surface area contributed by atoms with Crippen LogP contribution in [0, 0.1) is 0 Å². The summed E-state index contributed by atoms with van der Waals surface area (Å²) in [6.07, 6.45) is 5.05. The highest BCUT2D eigenvalue weighted by molar-refractivity contribution is 9.10. The van der Waals surface area contributed by atoms with Crippen molar-refractivity contribution in [3.05, 3.63) is 28.2 Å². The summed E-state index contributed by atoms with van der Waals surface area (Å²) in [6, 6.07) is 6.28. The summed E-state index contributed by atoms with van der Waals surface area (Å²) in [5, 5.41) is 3.32. The molecule has 1 N–H and O–H groups in total. The van der Waals surface area contributed by atoms with Gasteiger partial charge in [0, 0.05) is 13.2 Å². The third kappa shape index (κ3) is 5.08. The summed E-state index contributed by atoms with van der Waals surface area (Å²) in [6.45, 7) is 5.68. The lowest BCUT2D eigenvalue weighted by Gasteiger charge is -2.12. The van der Waals surface area contributed by atoms with E-state index in [0.29, 0.717) is 6.10 Å². The summed E-state index contributed by atoms with van der Waals surface area (Å²) in [4.78, 5) is 0. The smallest absolute Gasteiger partial charge is 0.133 e. The Hall–Kier alpha value is -0.580. The van der Waals surface area contributed by atoms with Gasteiger partial charge in [-0.3, -0.25) is 0 Å². The topological polar surface area (TPSA) is 30.5 Å². The van der Waals surface area contributed by atoms with Gasteiger partial charge in [-0.25, -0.2) is 0 Å². The third-order valence-electron chi connectivity index (χ3n) is 3.53. The van der Waals surface area contributed by atoms with Crippen molar-refractivity contribution in [1.82, 2.24) is 5.32 Å². The second-order valence-electron chi connectivity index (χ2n) is 5.17. The highest BCUT2D eigenvalue weighted by atomic mass is 79.9. The van der Waals surface area contributed by atoms with E-state index in [4.69, 9.17) is 9.47 Å². The molecule has 4 heteroatoms. The van der Waals surface area contributed by atoms with E-state index in [1.54, 1.807) is 0 Å². The van der Waals surface area contributed by atoms with E-state index in [9.17, 15) is 0 Å². The molecule has 0 saturated carbocycles. The van der Waals surface area contributed by atoms with Crippen LogP contribution >= 0.6 is 15.9 Å². The van der Waals surface area contributed by atoms with Gasteiger partial charge in [0.25, 0.3) is 0 Å². The van der Waals surface area contributed by atoms with Gasteiger partial charge in [0.05, 0.1) is 17.2 Å². The van der Waals surface area contributed by atoms with Crippen molar-refractivity contribution in [1.29, 1.82) is 0 Å². The maximum atomic E-state index is 5.83. The molecule has 2 rings (SSSR count). The van der Waals surface area contributed by atoms with E-state index in [-0.39, 0.29) is 0 Å². The molecule has 3 nitrogen and oxygen atoms in total. The van der Waals surface area contributed by atoms with Crippen LogP contribution in [0.1, 0.15) is 38.2 Å². The van der Waals surface area contributed by atoms with Gasteiger partial charge >= 0.3 is 0 Å². The van der Waals surface area contributed by atoms with Crippen LogP contribution in [0.2, 0.25) is 0 Å². The second kappa shape index (κ2) is 8.65. The van der Waals surface area contributed by atoms with Crippen molar-refractivity contribution < 1.29 is 9.47 Å². The number of benzene rings is 1. The predicted octanol–water partition coefficient (Wildman–Crippen LogP) is 3.90. The Balaban J connectivity index is 1.71. The molecule has 0 aliphatic carbocycles. The predicted molar refractivity (Wildman–Crippen MR) is 85.2 cm³/mol. The van der Waals surface area contributed by atoms with Gasteiger partial charge in [-0.1, -0.05) is 13.0 Å². The van der Waals surface area contributed by atoms with E-state index in [1.165, 1.54) is 18.4 Å². The van der Waals surface area contributed by atoms with E-state index in [0.717, 1.165) is 49.4 Å². The van der Waals surface area contributed by atoms with Gasteiger partial charge in [-0.15, -0.1) is 0 Å². The molecule has 112 valence electrons. The van der Waals surface area contributed by atoms with Crippen LogP contribution in [0.15, 0.2) is 22.7 Å². The van der Waals surface area contributed by atoms with E-state index >= 15 is 0 Å². The largest absolute Gasteiger partial charge is 0.492 e. The van der Waals surface area contributed by atoms with Crippen molar-refractivity contribution >= 4 is 15.9 Å². The fourth-order valence-electron chi connectivity index (χ4n) is 2.41. The molecule has 0 radical (unpaired) electrons. The molecule has 1 aliphatic rings. The Morgan fingerprint density at radius 2 is 2.35 bits per heavy atom. The molecule has 1 saturated heterocycles. The molecule has 1 aromatic rings. The summed E-state index contributed by atoms with van der Waals surface area (Å²) >= 11 is 3.58. The number of hydrogen-bond acceptors (Lipinski definition) is 3. The molecule has 1 fully saturated rings. The Kier molecular flexibility index (Phi) is 6.83. The summed E-state index contributed by atoms with van der Waals surface area (Å²) in [5.74, 6) is 0.928. The molecule has 0 aromatic heterocycles. The van der Waals surface area contributed by atoms with Gasteiger partial charge in [0.1, 0.15) is 5.75 Å². The molecule has 1 unspecified atom stereocenters. The standard InChI is InChI=1S/C16H24BrNO2/c1-2-18-12-13-7-8-16(15(17)11-13)20-10-4-6-14-5-3-9-19-14/h7-8,11,14,18H,2-6,9-10,12H2,1H3. The average Bonchev–Trinajstić information content (AvgIpc) is 2.96. The number of hydrogen-bond donors (Lipinski definition) is 1. The van der Waals surface area contributed by atoms with Gasteiger partial charge in [0.15, 0.2) is 0 Å². The van der Waals surface area contributed by atoms with Gasteiger partial charge in [0.2, 0.25) is 0 Å². The molecular formula is C16H24BrNO2. The van der Waals surface area contributed by atoms with Crippen LogP contribution in [-0.4, -0.2) is 25.9 Å².